The Morgan fingerprint density at radius 2 is 0.703 bits per heavy atom. The minimum atomic E-state index is -2.00. The number of amides is 7. The Bertz CT molecular complexity index is 3570. The van der Waals surface area contributed by atoms with Crippen LogP contribution in [0.15, 0.2) is 0 Å². The third-order valence-corrected chi connectivity index (χ3v) is 19.7. The maximum absolute atomic E-state index is 14.4. The molecule has 41 nitrogen and oxygen atoms in total. The monoisotopic (exact) mass is 1700 g/mol. The molecule has 0 aliphatic carbocycles. The molecule has 118 heavy (non-hydrogen) atoms. The van der Waals surface area contributed by atoms with E-state index in [4.69, 9.17) is 15.6 Å². The molecule has 1 fully saturated rings. The zero-order valence-corrected chi connectivity index (χ0v) is 67.7. The van der Waals surface area contributed by atoms with Crippen molar-refractivity contribution < 1.29 is 161 Å². The van der Waals surface area contributed by atoms with Crippen LogP contribution in [0.5, 0.6) is 0 Å². The number of rotatable bonds is 68. The highest BCUT2D eigenvalue weighted by atomic mass is 32.2. The topological polar surface area (TPSA) is 685 Å². The molecule has 42 heteroatoms. The lowest BCUT2D eigenvalue weighted by Gasteiger charge is -2.27. The summed E-state index contributed by atoms with van der Waals surface area (Å²) in [6.07, 6.45) is -15.8. The Morgan fingerprint density at radius 3 is 1.05 bits per heavy atom. The van der Waals surface area contributed by atoms with Crippen molar-refractivity contribution in [3.8, 4) is 0 Å². The number of nitrogens with two attached hydrogens (primary N) is 1. The van der Waals surface area contributed by atoms with Gasteiger partial charge in [-0.2, -0.15) is 11.8 Å². The van der Waals surface area contributed by atoms with E-state index >= 15 is 0 Å². The lowest BCUT2D eigenvalue weighted by atomic mass is 9.88. The van der Waals surface area contributed by atoms with Crippen molar-refractivity contribution in [1.82, 2.24) is 36.8 Å². The normalized spacial score (nSPS) is 15.3. The number of nitrogens with zero attached hydrogens (tertiary/aromatic N) is 1. The largest absolute Gasteiger partial charge is 0.481 e. The van der Waals surface area contributed by atoms with Crippen LogP contribution in [0.2, 0.25) is 0 Å². The first-order valence-corrected chi connectivity index (χ1v) is 40.2. The Hall–Kier alpha value is -10.5. The third-order valence-electron chi connectivity index (χ3n) is 19.1. The number of hydrogen-bond donors (Lipinski definition) is 16. The first kappa shape index (κ1) is 105. The molecular formula is C76H114N8O33S. The highest BCUT2D eigenvalue weighted by molar-refractivity contribution is 7.98. The summed E-state index contributed by atoms with van der Waals surface area (Å²) in [5, 5.41) is 100. The Balaban J connectivity index is 3.52. The smallest absolute Gasteiger partial charge is 0.303 e. The van der Waals surface area contributed by atoms with Gasteiger partial charge in [-0.05, 0) is 102 Å². The maximum Gasteiger partial charge on any atom is 0.303 e. The average Bonchev–Trinajstić information content (AvgIpc) is 1.68. The van der Waals surface area contributed by atoms with Gasteiger partial charge in [0, 0.05) is 152 Å². The Morgan fingerprint density at radius 1 is 0.373 bits per heavy atom. The van der Waals surface area contributed by atoms with Gasteiger partial charge in [-0.15, -0.1) is 0 Å². The molecule has 662 valence electrons. The average molecular weight is 1700 g/mol. The van der Waals surface area contributed by atoms with Crippen LogP contribution in [-0.2, 0) is 115 Å². The first-order valence-electron chi connectivity index (χ1n) is 38.8. The summed E-state index contributed by atoms with van der Waals surface area (Å²) < 4.78 is 5.58. The van der Waals surface area contributed by atoms with E-state index in [-0.39, 0.29) is 69.3 Å². The molecule has 1 rings (SSSR count). The van der Waals surface area contributed by atoms with Gasteiger partial charge < -0.3 is 93.2 Å². The van der Waals surface area contributed by atoms with Crippen LogP contribution in [-0.4, -0.2) is 267 Å². The molecule has 0 radical (unpaired) electrons. The second-order valence-electron chi connectivity index (χ2n) is 29.9. The minimum Gasteiger partial charge on any atom is -0.481 e. The Kier molecular flexibility index (Phi) is 50.0. The van der Waals surface area contributed by atoms with E-state index in [1.165, 1.54) is 16.7 Å². The quantitative estimate of drug-likeness (QED) is 0.0378. The van der Waals surface area contributed by atoms with Crippen molar-refractivity contribution >= 4 is 147 Å². The molecule has 17 N–H and O–H groups in total. The van der Waals surface area contributed by atoms with E-state index in [1.807, 2.05) is 27.7 Å². The molecule has 0 aromatic heterocycles. The SMILES string of the molecule is CSC[C@H](NC(=O)CCC(=O)[C@H](CC(C)C)NC(=O)C1CCCN1C(=O)COCCCC(=O)[C@@H](CCC(=O)O)NC(=O)[C@@H](CCC(=O)O)CC(=O)[C@@H](CCC(=O)O)NC(=O)[C@@H](CCC(=O)O)CC(=O)[C@@H](CCC(=O)O)NC(=O)[C@@H](CCC(=O)O)CC(=O)[C@@H](CCC(=O)O)NC(=O)[C@@H](CCC(=O)O)CC(=O)[C@H](N)CCC(=O)O)C(=O)CC(C)C. The summed E-state index contributed by atoms with van der Waals surface area (Å²) >= 11 is 1.37. The number of hydrogen-bond acceptors (Lipinski definition) is 26. The van der Waals surface area contributed by atoms with Crippen molar-refractivity contribution in [3.63, 3.8) is 0 Å². The molecule has 1 unspecified atom stereocenters. The van der Waals surface area contributed by atoms with Gasteiger partial charge in [-0.25, -0.2) is 0 Å². The fourth-order valence-corrected chi connectivity index (χ4v) is 13.3. The van der Waals surface area contributed by atoms with Crippen LogP contribution in [0.3, 0.4) is 0 Å². The lowest BCUT2D eigenvalue weighted by Crippen LogP contribution is -2.52. The number of ether oxygens (including phenoxy) is 1. The molecule has 1 aliphatic rings. The summed E-state index contributed by atoms with van der Waals surface area (Å²) in [5.41, 5.74) is 5.81. The summed E-state index contributed by atoms with van der Waals surface area (Å²) in [7, 11) is 0. The molecule has 1 saturated heterocycles. The van der Waals surface area contributed by atoms with E-state index in [0.717, 1.165) is 0 Å². The number of ketones is 7. The fourth-order valence-electron chi connectivity index (χ4n) is 12.7. The van der Waals surface area contributed by atoms with Gasteiger partial charge in [0.15, 0.2) is 34.7 Å². The van der Waals surface area contributed by atoms with E-state index < -0.39 is 356 Å². The Labute approximate surface area is 684 Å². The molecule has 0 saturated carbocycles. The highest BCUT2D eigenvalue weighted by Gasteiger charge is 2.40. The number of aliphatic carboxylic acids is 9. The van der Waals surface area contributed by atoms with Crippen LogP contribution in [0.4, 0.5) is 0 Å². The molecule has 12 atom stereocenters. The predicted molar refractivity (Wildman–Crippen MR) is 410 cm³/mol. The molecule has 0 aromatic rings. The van der Waals surface area contributed by atoms with Crippen LogP contribution in [0, 0.1) is 35.5 Å². The molecule has 7 amide bonds. The van der Waals surface area contributed by atoms with Gasteiger partial charge in [0.1, 0.15) is 18.4 Å². The summed E-state index contributed by atoms with van der Waals surface area (Å²) in [5.74, 6) is -33.0. The minimum absolute atomic E-state index is 0.0595. The van der Waals surface area contributed by atoms with Gasteiger partial charge in [0.2, 0.25) is 41.4 Å². The molecule has 0 bridgehead atoms. The highest BCUT2D eigenvalue weighted by Crippen LogP contribution is 2.25. The zero-order valence-electron chi connectivity index (χ0n) is 66.9. The van der Waals surface area contributed by atoms with E-state index in [9.17, 15) is 151 Å². The second kappa shape index (κ2) is 56.0. The van der Waals surface area contributed by atoms with Crippen LogP contribution < -0.4 is 37.6 Å². The molecule has 1 aliphatic heterocycles. The molecule has 0 aromatic carbocycles. The van der Waals surface area contributed by atoms with Crippen molar-refractivity contribution in [3.05, 3.63) is 0 Å². The number of likely N-dealkylation sites (tertiary alicyclic amines) is 1. The number of thioether (sulfide) groups is 1. The number of nitrogens with one attached hydrogen (secondary N) is 6. The standard InChI is InChI=1S/C76H114N8O33S/c1-40(2)32-51(55(86)19-20-61(92)78-52(39-118-5)57(88)33-41(3)4)83-76(116)53-8-6-30-84(53)62(93)38-117-31-7-9-54(85)47(15-26-68(104)105)79-73(113)43(11-22-64(96)97)35-58(89)49(17-28-70(108)109)81-75(115)45(13-24-66(100)101)37-60(91)50(18-29-71(110)111)82-74(114)44(12-23-65(98)99)36-59(90)48(16-27-69(106)107)80-72(112)42(10-21-63(94)95)34-56(87)46(77)14-25-67(102)103/h40-53H,6-39,77H2,1-5H3,(H,78,92)(H,79,113)(H,80,112)(H,81,115)(H,82,114)(H,83,116)(H,94,95)(H,96,97)(H,98,99)(H,100,101)(H,102,103)(H,104,105)(H,106,107)(H,108,109)(H,110,111)/t42-,43-,44-,45-,46+,47+,48+,49+,50+,51-,52-,53?/m0/s1. The fraction of sp³-hybridized carbons (Fsp3) is 0.697. The van der Waals surface area contributed by atoms with E-state index in [2.05, 4.69) is 31.9 Å². The first-order chi connectivity index (χ1) is 55.2. The predicted octanol–water partition coefficient (Wildman–Crippen LogP) is 1.04. The summed E-state index contributed by atoms with van der Waals surface area (Å²) in [4.78, 5) is 300. The van der Waals surface area contributed by atoms with Crippen molar-refractivity contribution in [2.45, 2.75) is 269 Å². The van der Waals surface area contributed by atoms with Gasteiger partial charge in [-0.3, -0.25) is 110 Å². The zero-order chi connectivity index (χ0) is 89.6. The van der Waals surface area contributed by atoms with Crippen LogP contribution >= 0.6 is 11.8 Å². The van der Waals surface area contributed by atoms with Crippen molar-refractivity contribution in [1.29, 1.82) is 0 Å². The van der Waals surface area contributed by atoms with Gasteiger partial charge in [-0.1, -0.05) is 27.7 Å². The molecular weight excluding hydrogens is 1580 g/mol. The number of carbonyl (C=O) groups is 23. The van der Waals surface area contributed by atoms with E-state index in [1.54, 1.807) is 6.26 Å². The van der Waals surface area contributed by atoms with E-state index in [0.29, 0.717) is 12.2 Å². The third kappa shape index (κ3) is 44.7. The van der Waals surface area contributed by atoms with Crippen molar-refractivity contribution in [2.75, 3.05) is 31.8 Å². The van der Waals surface area contributed by atoms with Crippen LogP contribution in [0.25, 0.3) is 0 Å². The second-order valence-corrected chi connectivity index (χ2v) is 30.8. The summed E-state index contributed by atoms with van der Waals surface area (Å²) in [6.45, 7) is 6.63. The number of carboxylic acid groups (broad SMARTS) is 9. The van der Waals surface area contributed by atoms with Gasteiger partial charge >= 0.3 is 53.7 Å². The number of Topliss-reactive ketones (excluding diaryl/α,β-unsaturated/α-hetero) is 7. The van der Waals surface area contributed by atoms with Crippen molar-refractivity contribution in [2.24, 2.45) is 41.2 Å². The van der Waals surface area contributed by atoms with Gasteiger partial charge in [0.25, 0.3) is 0 Å². The maximum atomic E-state index is 14.4. The number of carbonyl (C=O) groups excluding carboxylic acids is 14. The summed E-state index contributed by atoms with van der Waals surface area (Å²) in [6, 6.07) is -11.7. The lowest BCUT2D eigenvalue weighted by molar-refractivity contribution is -0.142. The van der Waals surface area contributed by atoms with Crippen LogP contribution in [0.1, 0.15) is 220 Å². The molecule has 1 heterocycles. The molecule has 0 spiro atoms. The number of carboxylic acids is 9. The van der Waals surface area contributed by atoms with Gasteiger partial charge in [0.05, 0.1) is 42.3 Å².